The Kier molecular flexibility index (Phi) is 4.65. The second-order valence-corrected chi connectivity index (χ2v) is 5.52. The van der Waals surface area contributed by atoms with E-state index in [1.165, 1.54) is 0 Å². The third kappa shape index (κ3) is 3.83. The van der Waals surface area contributed by atoms with Gasteiger partial charge in [-0.15, -0.1) is 0 Å². The van der Waals surface area contributed by atoms with E-state index in [-0.39, 0.29) is 6.61 Å². The number of hydrogen-bond donors (Lipinski definition) is 0. The maximum absolute atomic E-state index is 5.29. The van der Waals surface area contributed by atoms with Gasteiger partial charge in [-0.25, -0.2) is 0 Å². The number of rotatable bonds is 5. The van der Waals surface area contributed by atoms with Gasteiger partial charge in [0.15, 0.2) is 12.4 Å². The molecule has 4 nitrogen and oxygen atoms in total. The highest BCUT2D eigenvalue weighted by Crippen LogP contribution is 2.19. The van der Waals surface area contributed by atoms with Crippen LogP contribution in [-0.2, 0) is 11.4 Å². The molecule has 1 aromatic heterocycles. The zero-order valence-corrected chi connectivity index (χ0v) is 13.2. The van der Waals surface area contributed by atoms with E-state index in [0.717, 1.165) is 21.4 Å². The number of halogens is 1. The lowest BCUT2D eigenvalue weighted by Gasteiger charge is -1.95. The van der Waals surface area contributed by atoms with Crippen LogP contribution >= 0.6 is 15.9 Å². The van der Waals surface area contributed by atoms with Crippen LogP contribution in [0.3, 0.4) is 0 Å². The number of nitrogens with zero attached hydrogens (tertiary/aromatic N) is 2. The number of hydrogen-bond acceptors (Lipinski definition) is 4. The van der Waals surface area contributed by atoms with Crippen LogP contribution in [0.15, 0.2) is 74.8 Å². The normalized spacial score (nSPS) is 11.0. The van der Waals surface area contributed by atoms with Crippen LogP contribution in [-0.4, -0.2) is 11.4 Å². The minimum atomic E-state index is 0.267. The predicted octanol–water partition coefficient (Wildman–Crippen LogP) is 4.65. The maximum atomic E-state index is 5.29. The van der Waals surface area contributed by atoms with Crippen molar-refractivity contribution in [3.63, 3.8) is 0 Å². The monoisotopic (exact) mass is 356 g/mol. The molecule has 3 aromatic rings. The van der Waals surface area contributed by atoms with E-state index in [9.17, 15) is 0 Å². The van der Waals surface area contributed by atoms with Crippen molar-refractivity contribution in [3.8, 4) is 11.3 Å². The topological polar surface area (TPSA) is 47.6 Å². The van der Waals surface area contributed by atoms with Crippen LogP contribution < -0.4 is 0 Å². The Labute approximate surface area is 136 Å². The lowest BCUT2D eigenvalue weighted by atomic mass is 10.2. The van der Waals surface area contributed by atoms with E-state index in [4.69, 9.17) is 9.36 Å². The SMILES string of the molecule is Brc1ccc(/C=N\OCc2cc(-c3ccccc3)on2)cc1. The van der Waals surface area contributed by atoms with Crippen molar-refractivity contribution >= 4 is 22.1 Å². The summed E-state index contributed by atoms with van der Waals surface area (Å²) in [4.78, 5) is 5.24. The summed E-state index contributed by atoms with van der Waals surface area (Å²) in [5.41, 5.74) is 2.65. The molecule has 0 aliphatic rings. The first-order valence-corrected chi connectivity index (χ1v) is 7.52. The average molecular weight is 357 g/mol. The van der Waals surface area contributed by atoms with Gasteiger partial charge < -0.3 is 9.36 Å². The summed E-state index contributed by atoms with van der Waals surface area (Å²) in [5, 5.41) is 7.90. The van der Waals surface area contributed by atoms with Gasteiger partial charge in [-0.2, -0.15) is 0 Å². The van der Waals surface area contributed by atoms with Crippen molar-refractivity contribution < 1.29 is 9.36 Å². The molecule has 0 saturated heterocycles. The minimum absolute atomic E-state index is 0.267. The Morgan fingerprint density at radius 3 is 2.64 bits per heavy atom. The molecule has 2 aromatic carbocycles. The highest BCUT2D eigenvalue weighted by Gasteiger charge is 2.06. The van der Waals surface area contributed by atoms with Gasteiger partial charge >= 0.3 is 0 Å². The molecule has 110 valence electrons. The molecule has 0 saturated carbocycles. The van der Waals surface area contributed by atoms with E-state index in [1.807, 2.05) is 60.7 Å². The zero-order chi connectivity index (χ0) is 15.2. The van der Waals surface area contributed by atoms with E-state index in [2.05, 4.69) is 26.2 Å². The van der Waals surface area contributed by atoms with Crippen LogP contribution in [0.5, 0.6) is 0 Å². The number of benzene rings is 2. The summed E-state index contributed by atoms with van der Waals surface area (Å²) in [6, 6.07) is 19.4. The van der Waals surface area contributed by atoms with Gasteiger partial charge in [0.2, 0.25) is 0 Å². The van der Waals surface area contributed by atoms with E-state index in [0.29, 0.717) is 5.69 Å². The van der Waals surface area contributed by atoms with Gasteiger partial charge in [0.25, 0.3) is 0 Å². The van der Waals surface area contributed by atoms with Crippen LogP contribution in [0, 0.1) is 0 Å². The van der Waals surface area contributed by atoms with Crippen molar-refractivity contribution in [1.82, 2.24) is 5.16 Å². The van der Waals surface area contributed by atoms with E-state index < -0.39 is 0 Å². The highest BCUT2D eigenvalue weighted by molar-refractivity contribution is 9.10. The summed E-state index contributed by atoms with van der Waals surface area (Å²) in [5.74, 6) is 0.719. The van der Waals surface area contributed by atoms with Gasteiger partial charge in [-0.05, 0) is 17.7 Å². The van der Waals surface area contributed by atoms with Crippen LogP contribution in [0.1, 0.15) is 11.3 Å². The van der Waals surface area contributed by atoms with E-state index >= 15 is 0 Å². The smallest absolute Gasteiger partial charge is 0.167 e. The summed E-state index contributed by atoms with van der Waals surface area (Å²) in [7, 11) is 0. The number of oxime groups is 1. The largest absolute Gasteiger partial charge is 0.389 e. The Bertz CT molecular complexity index is 752. The fourth-order valence-corrected chi connectivity index (χ4v) is 2.13. The Morgan fingerprint density at radius 1 is 1.09 bits per heavy atom. The molecule has 5 heteroatoms. The minimum Gasteiger partial charge on any atom is -0.389 e. The van der Waals surface area contributed by atoms with Crippen LogP contribution in [0.2, 0.25) is 0 Å². The van der Waals surface area contributed by atoms with Gasteiger partial charge in [0.1, 0.15) is 5.69 Å². The molecule has 0 amide bonds. The predicted molar refractivity (Wildman–Crippen MR) is 88.5 cm³/mol. The molecular weight excluding hydrogens is 344 g/mol. The molecule has 0 spiro atoms. The maximum Gasteiger partial charge on any atom is 0.167 e. The van der Waals surface area contributed by atoms with Gasteiger partial charge in [-0.1, -0.05) is 68.7 Å². The third-order valence-electron chi connectivity index (χ3n) is 2.98. The molecular formula is C17H13BrN2O2. The van der Waals surface area contributed by atoms with Gasteiger partial charge in [-0.3, -0.25) is 0 Å². The molecule has 22 heavy (non-hydrogen) atoms. The first-order valence-electron chi connectivity index (χ1n) is 6.73. The quantitative estimate of drug-likeness (QED) is 0.493. The second-order valence-electron chi connectivity index (χ2n) is 4.61. The molecule has 0 atom stereocenters. The van der Waals surface area contributed by atoms with Crippen LogP contribution in [0.25, 0.3) is 11.3 Å². The Hall–Kier alpha value is -2.40. The highest BCUT2D eigenvalue weighted by atomic mass is 79.9. The molecule has 1 heterocycles. The molecule has 3 rings (SSSR count). The number of aromatic nitrogens is 1. The van der Waals surface area contributed by atoms with Crippen molar-refractivity contribution in [3.05, 3.63) is 76.4 Å². The summed E-state index contributed by atoms with van der Waals surface area (Å²) in [6.07, 6.45) is 1.66. The van der Waals surface area contributed by atoms with Crippen molar-refractivity contribution in [2.75, 3.05) is 0 Å². The molecule has 0 N–H and O–H groups in total. The lowest BCUT2D eigenvalue weighted by molar-refractivity contribution is 0.126. The second kappa shape index (κ2) is 7.04. The zero-order valence-electron chi connectivity index (χ0n) is 11.6. The van der Waals surface area contributed by atoms with E-state index in [1.54, 1.807) is 6.21 Å². The molecule has 0 unspecified atom stereocenters. The molecule has 0 radical (unpaired) electrons. The Balaban J connectivity index is 1.56. The van der Waals surface area contributed by atoms with Gasteiger partial charge in [0.05, 0.1) is 6.21 Å². The lowest BCUT2D eigenvalue weighted by Crippen LogP contribution is -1.88. The molecule has 0 aliphatic carbocycles. The standard InChI is InChI=1S/C17H13BrN2O2/c18-15-8-6-13(7-9-15)11-19-21-12-16-10-17(22-20-16)14-4-2-1-3-5-14/h1-11H,12H2/b19-11-. The van der Waals surface area contributed by atoms with Crippen LogP contribution in [0.4, 0.5) is 0 Å². The van der Waals surface area contributed by atoms with Gasteiger partial charge in [0, 0.05) is 16.1 Å². The Morgan fingerprint density at radius 2 is 1.86 bits per heavy atom. The summed E-state index contributed by atoms with van der Waals surface area (Å²) >= 11 is 3.38. The first kappa shape index (κ1) is 14.5. The average Bonchev–Trinajstić information content (AvgIpc) is 3.03. The molecule has 0 aliphatic heterocycles. The summed E-state index contributed by atoms with van der Waals surface area (Å²) < 4.78 is 6.32. The fourth-order valence-electron chi connectivity index (χ4n) is 1.87. The molecule has 0 bridgehead atoms. The fraction of sp³-hybridized carbons (Fsp3) is 0.0588. The van der Waals surface area contributed by atoms with Crippen molar-refractivity contribution in [2.45, 2.75) is 6.61 Å². The summed E-state index contributed by atoms with van der Waals surface area (Å²) in [6.45, 7) is 0.267. The van der Waals surface area contributed by atoms with Crippen molar-refractivity contribution in [1.29, 1.82) is 0 Å². The first-order chi connectivity index (χ1) is 10.8. The molecule has 0 fully saturated rings. The van der Waals surface area contributed by atoms with Crippen molar-refractivity contribution in [2.24, 2.45) is 5.16 Å². The third-order valence-corrected chi connectivity index (χ3v) is 3.50.